The topological polar surface area (TPSA) is 80.0 Å². The lowest BCUT2D eigenvalue weighted by Crippen LogP contribution is -2.38. The molecule has 0 aliphatic carbocycles. The molecule has 4 rings (SSSR count). The van der Waals surface area contributed by atoms with Crippen LogP contribution < -0.4 is 4.90 Å². The number of hydrogen-bond acceptors (Lipinski definition) is 4. The molecule has 1 N–H and O–H groups in total. The van der Waals surface area contributed by atoms with E-state index in [1.54, 1.807) is 25.3 Å². The van der Waals surface area contributed by atoms with Crippen LogP contribution in [0.15, 0.2) is 57.4 Å². The average molecular weight is 510 g/mol. The van der Waals surface area contributed by atoms with Crippen molar-refractivity contribution in [1.29, 1.82) is 0 Å². The fourth-order valence-electron chi connectivity index (χ4n) is 4.02. The normalized spacial score (nSPS) is 11.5. The fraction of sp³-hybridized carbons (Fsp3) is 0.231. The van der Waals surface area contributed by atoms with E-state index in [9.17, 15) is 14.7 Å². The number of halogens is 1. The number of amides is 1. The van der Waals surface area contributed by atoms with Gasteiger partial charge in [-0.05, 0) is 74.4 Å². The van der Waals surface area contributed by atoms with Crippen LogP contribution in [0.4, 0.5) is 5.69 Å². The van der Waals surface area contributed by atoms with E-state index in [1.807, 2.05) is 45.0 Å². The molecule has 0 aliphatic rings. The van der Waals surface area contributed by atoms with E-state index in [-0.39, 0.29) is 17.5 Å². The minimum Gasteiger partial charge on any atom is -0.478 e. The zero-order valence-corrected chi connectivity index (χ0v) is 20.4. The third kappa shape index (κ3) is 4.26. The Labute approximate surface area is 199 Å². The molecule has 0 fully saturated rings. The lowest BCUT2D eigenvalue weighted by molar-refractivity contribution is 0.0697. The Balaban J connectivity index is 1.94. The van der Waals surface area contributed by atoms with Gasteiger partial charge in [0.1, 0.15) is 11.2 Å². The number of carbonyl (C=O) groups is 2. The summed E-state index contributed by atoms with van der Waals surface area (Å²) in [5, 5.41) is 11.6. The van der Waals surface area contributed by atoms with Crippen molar-refractivity contribution in [2.75, 3.05) is 12.0 Å². The van der Waals surface area contributed by atoms with Gasteiger partial charge in [-0.15, -0.1) is 0 Å². The highest BCUT2D eigenvalue weighted by Gasteiger charge is 2.27. The van der Waals surface area contributed by atoms with Crippen molar-refractivity contribution in [2.45, 2.75) is 33.4 Å². The van der Waals surface area contributed by atoms with E-state index in [0.717, 1.165) is 26.4 Å². The molecule has 33 heavy (non-hydrogen) atoms. The number of rotatable bonds is 6. The number of hydrogen-bond donors (Lipinski definition) is 1. The highest BCUT2D eigenvalue weighted by molar-refractivity contribution is 9.10. The van der Waals surface area contributed by atoms with E-state index in [1.165, 1.54) is 11.0 Å². The molecule has 4 aromatic rings. The minimum absolute atomic E-state index is 0.00885. The Kier molecular flexibility index (Phi) is 6.28. The van der Waals surface area contributed by atoms with E-state index >= 15 is 0 Å². The molecule has 0 aliphatic heterocycles. The first kappa shape index (κ1) is 23.0. The molecule has 3 aromatic carbocycles. The highest BCUT2D eigenvalue weighted by atomic mass is 79.9. The van der Waals surface area contributed by atoms with Crippen LogP contribution in [0.2, 0.25) is 0 Å². The Morgan fingerprint density at radius 3 is 2.42 bits per heavy atom. The second-order valence-corrected chi connectivity index (χ2v) is 9.12. The van der Waals surface area contributed by atoms with Crippen LogP contribution in [0.25, 0.3) is 21.9 Å². The summed E-state index contributed by atoms with van der Waals surface area (Å²) < 4.78 is 12.1. The predicted molar refractivity (Wildman–Crippen MR) is 132 cm³/mol. The minimum atomic E-state index is -1.13. The largest absolute Gasteiger partial charge is 0.478 e. The van der Waals surface area contributed by atoms with Crippen molar-refractivity contribution in [1.82, 2.24) is 0 Å². The van der Waals surface area contributed by atoms with Gasteiger partial charge in [0.2, 0.25) is 0 Å². The number of carbonyl (C=O) groups excluding carboxylic acids is 1. The van der Waals surface area contributed by atoms with Crippen LogP contribution in [0.1, 0.15) is 45.7 Å². The third-order valence-electron chi connectivity index (χ3n) is 5.59. The number of benzene rings is 3. The molecule has 1 heterocycles. The van der Waals surface area contributed by atoms with Crippen LogP contribution in [0.3, 0.4) is 0 Å². The molecule has 0 unspecified atom stereocenters. The van der Waals surface area contributed by atoms with Crippen LogP contribution in [-0.2, 0) is 11.3 Å². The molecule has 0 saturated heterocycles. The summed E-state index contributed by atoms with van der Waals surface area (Å²) in [4.78, 5) is 27.3. The maximum Gasteiger partial charge on any atom is 0.337 e. The van der Waals surface area contributed by atoms with Gasteiger partial charge in [-0.1, -0.05) is 22.0 Å². The number of anilines is 1. The van der Waals surface area contributed by atoms with E-state index in [4.69, 9.17) is 9.15 Å². The van der Waals surface area contributed by atoms with Gasteiger partial charge in [-0.2, -0.15) is 0 Å². The molecule has 1 amide bonds. The smallest absolute Gasteiger partial charge is 0.337 e. The summed E-state index contributed by atoms with van der Waals surface area (Å²) in [7, 11) is 1.63. The molecule has 7 heteroatoms. The molecule has 0 spiro atoms. The van der Waals surface area contributed by atoms with Crippen LogP contribution in [0.5, 0.6) is 0 Å². The number of nitrogens with zero attached hydrogens (tertiary/aromatic N) is 1. The van der Waals surface area contributed by atoms with Gasteiger partial charge in [-0.3, -0.25) is 4.79 Å². The quantitative estimate of drug-likeness (QED) is 0.318. The predicted octanol–water partition coefficient (Wildman–Crippen LogP) is 6.56. The Morgan fingerprint density at radius 2 is 1.79 bits per heavy atom. The summed E-state index contributed by atoms with van der Waals surface area (Å²) in [6.45, 7) is 6.08. The molecule has 0 saturated carbocycles. The lowest BCUT2D eigenvalue weighted by Gasteiger charge is -2.28. The maximum atomic E-state index is 13.6. The molecule has 0 radical (unpaired) electrons. The molecule has 1 aromatic heterocycles. The van der Waals surface area contributed by atoms with Crippen molar-refractivity contribution >= 4 is 55.4 Å². The summed E-state index contributed by atoms with van der Waals surface area (Å²) in [5.74, 6) is -1.40. The van der Waals surface area contributed by atoms with Crippen molar-refractivity contribution in [3.8, 4) is 0 Å². The van der Waals surface area contributed by atoms with Gasteiger partial charge < -0.3 is 19.2 Å². The van der Waals surface area contributed by atoms with Crippen molar-refractivity contribution < 1.29 is 23.8 Å². The van der Waals surface area contributed by atoms with Gasteiger partial charge in [0.25, 0.3) is 5.91 Å². The second-order valence-electron chi connectivity index (χ2n) is 8.27. The summed E-state index contributed by atoms with van der Waals surface area (Å²) in [6.07, 6.45) is 0. The number of ether oxygens (including phenoxy) is 1. The number of aryl methyl sites for hydroxylation is 1. The zero-order valence-electron chi connectivity index (χ0n) is 18.8. The van der Waals surface area contributed by atoms with Crippen molar-refractivity contribution in [2.24, 2.45) is 0 Å². The molecule has 170 valence electrons. The first-order chi connectivity index (χ1) is 15.7. The summed E-state index contributed by atoms with van der Waals surface area (Å²) in [6, 6.07) is 14.0. The molecular weight excluding hydrogens is 486 g/mol. The summed E-state index contributed by atoms with van der Waals surface area (Å²) >= 11 is 3.46. The Morgan fingerprint density at radius 1 is 1.06 bits per heavy atom. The van der Waals surface area contributed by atoms with E-state index in [2.05, 4.69) is 15.9 Å². The van der Waals surface area contributed by atoms with Crippen molar-refractivity contribution in [3.63, 3.8) is 0 Å². The number of furan rings is 1. The van der Waals surface area contributed by atoms with Gasteiger partial charge in [0, 0.05) is 34.0 Å². The van der Waals surface area contributed by atoms with Gasteiger partial charge in [0.05, 0.1) is 17.9 Å². The standard InChI is InChI=1S/C26H24BrNO5/c1-14(2)28(25(29)17-6-7-21(27)15(3)9-17)22-11-19-18-10-16(13-32-4)5-8-23(18)33-24(19)12-20(22)26(30)31/h5-12,14H,13H2,1-4H3,(H,30,31). The fourth-order valence-corrected chi connectivity index (χ4v) is 4.27. The highest BCUT2D eigenvalue weighted by Crippen LogP contribution is 2.36. The number of methoxy groups -OCH3 is 1. The third-order valence-corrected chi connectivity index (χ3v) is 6.48. The molecule has 0 atom stereocenters. The number of carboxylic acid groups (broad SMARTS) is 1. The average Bonchev–Trinajstić information content (AvgIpc) is 3.12. The van der Waals surface area contributed by atoms with Crippen LogP contribution in [-0.4, -0.2) is 30.1 Å². The second kappa shape index (κ2) is 9.00. The number of aromatic carboxylic acids is 1. The monoisotopic (exact) mass is 509 g/mol. The van der Waals surface area contributed by atoms with Gasteiger partial charge in [-0.25, -0.2) is 4.79 Å². The number of fused-ring (bicyclic) bond motifs is 3. The lowest BCUT2D eigenvalue weighted by atomic mass is 10.0. The molecule has 6 nitrogen and oxygen atoms in total. The van der Waals surface area contributed by atoms with Crippen LogP contribution in [0, 0.1) is 6.92 Å². The first-order valence-corrected chi connectivity index (χ1v) is 11.3. The Bertz CT molecular complexity index is 1390. The first-order valence-electron chi connectivity index (χ1n) is 10.5. The maximum absolute atomic E-state index is 13.6. The number of carboxylic acids is 1. The molecule has 0 bridgehead atoms. The molecular formula is C26H24BrNO5. The SMILES string of the molecule is COCc1ccc2oc3cc(C(=O)O)c(N(C(=O)c4ccc(Br)c(C)c4)C(C)C)cc3c2c1. The Hall–Kier alpha value is -3.16. The van der Waals surface area contributed by atoms with E-state index < -0.39 is 5.97 Å². The van der Waals surface area contributed by atoms with Crippen molar-refractivity contribution in [3.05, 3.63) is 75.3 Å². The van der Waals surface area contributed by atoms with Gasteiger partial charge in [0.15, 0.2) is 0 Å². The summed E-state index contributed by atoms with van der Waals surface area (Å²) in [5.41, 5.74) is 3.81. The van der Waals surface area contributed by atoms with Crippen LogP contribution >= 0.6 is 15.9 Å². The van der Waals surface area contributed by atoms with Gasteiger partial charge >= 0.3 is 5.97 Å². The van der Waals surface area contributed by atoms with E-state index in [0.29, 0.717) is 29.0 Å². The zero-order chi connectivity index (χ0) is 23.9.